The topological polar surface area (TPSA) is 52.4 Å². The van der Waals surface area contributed by atoms with E-state index in [1.54, 1.807) is 0 Å². The molecule has 0 aromatic rings. The lowest BCUT2D eigenvalue weighted by atomic mass is 9.93. The fourth-order valence-corrected chi connectivity index (χ4v) is 1.89. The molecule has 0 radical (unpaired) electrons. The van der Waals surface area contributed by atoms with Crippen LogP contribution in [0.2, 0.25) is 0 Å². The molecule has 1 aliphatic carbocycles. The van der Waals surface area contributed by atoms with Crippen LogP contribution >= 0.6 is 15.9 Å². The Morgan fingerprint density at radius 2 is 2.00 bits per heavy atom. The van der Waals surface area contributed by atoms with Gasteiger partial charge in [0.1, 0.15) is 5.52 Å². The van der Waals surface area contributed by atoms with Crippen LogP contribution in [0.4, 0.5) is 0 Å². The first-order valence-electron chi connectivity index (χ1n) is 4.05. The molecule has 1 rings (SSSR count). The summed E-state index contributed by atoms with van der Waals surface area (Å²) < 4.78 is 5.30. The van der Waals surface area contributed by atoms with E-state index in [1.165, 1.54) is 0 Å². The van der Waals surface area contributed by atoms with Gasteiger partial charge in [-0.15, -0.1) is 0 Å². The lowest BCUT2D eigenvalue weighted by Crippen LogP contribution is -2.29. The smallest absolute Gasteiger partial charge is 0.213 e. The Bertz CT molecular complexity index is 157. The molecular weight excluding hydrogens is 226 g/mol. The number of alkyl halides is 1. The molecule has 1 saturated carbocycles. The molecule has 0 bridgehead atoms. The number of nitrogens with zero attached hydrogens (tertiary/aromatic N) is 1. The SMILES string of the molecule is O=[N+]([O-])C1CCC(OCBr)CC1. The summed E-state index contributed by atoms with van der Waals surface area (Å²) in [6, 6.07) is -0.333. The first kappa shape index (κ1) is 9.92. The summed E-state index contributed by atoms with van der Waals surface area (Å²) in [7, 11) is 0. The average Bonchev–Trinajstić information content (AvgIpc) is 2.06. The molecule has 0 aromatic carbocycles. The molecular formula is C7H12BrNO3. The van der Waals surface area contributed by atoms with Crippen LogP contribution in [0, 0.1) is 10.1 Å². The van der Waals surface area contributed by atoms with E-state index >= 15 is 0 Å². The number of nitro groups is 1. The molecule has 1 fully saturated rings. The van der Waals surface area contributed by atoms with Crippen molar-refractivity contribution in [2.24, 2.45) is 0 Å². The molecule has 0 atom stereocenters. The predicted octanol–water partition coefficient (Wildman–Crippen LogP) is 1.94. The van der Waals surface area contributed by atoms with Crippen molar-refractivity contribution in [1.82, 2.24) is 0 Å². The largest absolute Gasteiger partial charge is 0.367 e. The Balaban J connectivity index is 2.25. The Labute approximate surface area is 79.6 Å². The molecule has 0 saturated heterocycles. The quantitative estimate of drug-likeness (QED) is 0.429. The van der Waals surface area contributed by atoms with Gasteiger partial charge in [0.05, 0.1) is 6.10 Å². The predicted molar refractivity (Wildman–Crippen MR) is 47.9 cm³/mol. The highest BCUT2D eigenvalue weighted by Gasteiger charge is 2.28. The van der Waals surface area contributed by atoms with Gasteiger partial charge in [0, 0.05) is 17.8 Å². The van der Waals surface area contributed by atoms with Crippen molar-refractivity contribution in [1.29, 1.82) is 0 Å². The zero-order valence-electron chi connectivity index (χ0n) is 6.74. The van der Waals surface area contributed by atoms with E-state index < -0.39 is 0 Å². The van der Waals surface area contributed by atoms with Gasteiger partial charge < -0.3 is 4.74 Å². The van der Waals surface area contributed by atoms with Gasteiger partial charge >= 0.3 is 0 Å². The van der Waals surface area contributed by atoms with Crippen molar-refractivity contribution in [2.75, 3.05) is 5.52 Å². The molecule has 12 heavy (non-hydrogen) atoms. The van der Waals surface area contributed by atoms with Crippen molar-refractivity contribution in [3.8, 4) is 0 Å². The van der Waals surface area contributed by atoms with Crippen LogP contribution in [-0.2, 0) is 4.74 Å². The van der Waals surface area contributed by atoms with Crippen molar-refractivity contribution in [3.63, 3.8) is 0 Å². The molecule has 0 aromatic heterocycles. The Morgan fingerprint density at radius 1 is 1.42 bits per heavy atom. The van der Waals surface area contributed by atoms with E-state index in [0.29, 0.717) is 18.4 Å². The summed E-state index contributed by atoms with van der Waals surface area (Å²) in [6.45, 7) is 0. The zero-order valence-corrected chi connectivity index (χ0v) is 8.33. The molecule has 0 amide bonds. The molecule has 0 heterocycles. The second kappa shape index (κ2) is 4.77. The van der Waals surface area contributed by atoms with E-state index in [2.05, 4.69) is 15.9 Å². The van der Waals surface area contributed by atoms with Gasteiger partial charge in [0.2, 0.25) is 6.04 Å². The number of ether oxygens (including phenoxy) is 1. The average molecular weight is 238 g/mol. The van der Waals surface area contributed by atoms with E-state index in [1.807, 2.05) is 0 Å². The van der Waals surface area contributed by atoms with Crippen LogP contribution in [0.25, 0.3) is 0 Å². The molecule has 5 heteroatoms. The third-order valence-corrected chi connectivity index (χ3v) is 2.50. The minimum atomic E-state index is -0.333. The van der Waals surface area contributed by atoms with Crippen molar-refractivity contribution >= 4 is 15.9 Å². The number of rotatable bonds is 3. The summed E-state index contributed by atoms with van der Waals surface area (Å²) in [6.07, 6.45) is 3.17. The van der Waals surface area contributed by atoms with E-state index in [9.17, 15) is 10.1 Å². The van der Waals surface area contributed by atoms with Gasteiger partial charge in [-0.1, -0.05) is 15.9 Å². The van der Waals surface area contributed by atoms with Crippen molar-refractivity contribution in [2.45, 2.75) is 37.8 Å². The van der Waals surface area contributed by atoms with Crippen LogP contribution in [0.15, 0.2) is 0 Å². The van der Waals surface area contributed by atoms with Crippen LogP contribution < -0.4 is 0 Å². The summed E-state index contributed by atoms with van der Waals surface area (Å²) in [5, 5.41) is 10.4. The normalized spacial score (nSPS) is 30.1. The monoisotopic (exact) mass is 237 g/mol. The number of hydrogen-bond acceptors (Lipinski definition) is 3. The maximum atomic E-state index is 10.4. The maximum Gasteiger partial charge on any atom is 0.213 e. The number of halogens is 1. The zero-order chi connectivity index (χ0) is 8.97. The van der Waals surface area contributed by atoms with Crippen molar-refractivity contribution in [3.05, 3.63) is 10.1 Å². The molecule has 0 N–H and O–H groups in total. The maximum absolute atomic E-state index is 10.4. The molecule has 4 nitrogen and oxygen atoms in total. The van der Waals surface area contributed by atoms with Gasteiger partial charge in [-0.2, -0.15) is 0 Å². The highest BCUT2D eigenvalue weighted by molar-refractivity contribution is 9.09. The fraction of sp³-hybridized carbons (Fsp3) is 1.00. The van der Waals surface area contributed by atoms with Gasteiger partial charge in [0.25, 0.3) is 0 Å². The summed E-state index contributed by atoms with van der Waals surface area (Å²) in [5.41, 5.74) is 0.529. The van der Waals surface area contributed by atoms with Gasteiger partial charge in [-0.25, -0.2) is 0 Å². The molecule has 1 aliphatic rings. The first-order valence-corrected chi connectivity index (χ1v) is 5.17. The standard InChI is InChI=1S/C7H12BrNO3/c8-5-12-7-3-1-6(2-4-7)9(10)11/h6-7H,1-5H2. The first-order chi connectivity index (χ1) is 5.74. The Hall–Kier alpha value is -0.160. The highest BCUT2D eigenvalue weighted by atomic mass is 79.9. The van der Waals surface area contributed by atoms with Gasteiger partial charge in [0.15, 0.2) is 0 Å². The Morgan fingerprint density at radius 3 is 2.42 bits per heavy atom. The Kier molecular flexibility index (Phi) is 3.94. The van der Waals surface area contributed by atoms with Crippen molar-refractivity contribution < 1.29 is 9.66 Å². The van der Waals surface area contributed by atoms with Gasteiger partial charge in [-0.05, 0) is 12.8 Å². The second-order valence-electron chi connectivity index (χ2n) is 2.99. The van der Waals surface area contributed by atoms with Crippen LogP contribution in [0.5, 0.6) is 0 Å². The summed E-state index contributed by atoms with van der Waals surface area (Å²) >= 11 is 3.17. The van der Waals surface area contributed by atoms with Crippen LogP contribution in [-0.4, -0.2) is 22.6 Å². The minimum absolute atomic E-state index is 0.176. The van der Waals surface area contributed by atoms with Crippen LogP contribution in [0.3, 0.4) is 0 Å². The molecule has 0 spiro atoms. The molecule has 0 aliphatic heterocycles. The lowest BCUT2D eigenvalue weighted by molar-refractivity contribution is -0.527. The molecule has 70 valence electrons. The third-order valence-electron chi connectivity index (χ3n) is 2.24. The lowest BCUT2D eigenvalue weighted by Gasteiger charge is -2.23. The highest BCUT2D eigenvalue weighted by Crippen LogP contribution is 2.23. The number of hydrogen-bond donors (Lipinski definition) is 0. The minimum Gasteiger partial charge on any atom is -0.367 e. The van der Waals surface area contributed by atoms with E-state index in [4.69, 9.17) is 4.74 Å². The van der Waals surface area contributed by atoms with Crippen LogP contribution in [0.1, 0.15) is 25.7 Å². The second-order valence-corrected chi connectivity index (χ2v) is 3.45. The summed E-state index contributed by atoms with van der Waals surface area (Å²) in [5.74, 6) is 0. The fourth-order valence-electron chi connectivity index (χ4n) is 1.51. The van der Waals surface area contributed by atoms with E-state index in [-0.39, 0.29) is 17.1 Å². The van der Waals surface area contributed by atoms with Gasteiger partial charge in [-0.3, -0.25) is 10.1 Å². The third kappa shape index (κ3) is 2.71. The van der Waals surface area contributed by atoms with E-state index in [0.717, 1.165) is 12.8 Å². The summed E-state index contributed by atoms with van der Waals surface area (Å²) in [4.78, 5) is 10.2. The molecule has 0 unspecified atom stereocenters.